The van der Waals surface area contributed by atoms with Crippen LogP contribution >= 0.6 is 0 Å². The molecular formula is C25H18B3NO3. The summed E-state index contributed by atoms with van der Waals surface area (Å²) < 4.78 is 21.0. The lowest BCUT2D eigenvalue weighted by Crippen LogP contribution is -2.74. The third kappa shape index (κ3) is 2.43. The van der Waals surface area contributed by atoms with Gasteiger partial charge in [0.2, 0.25) is 0 Å². The van der Waals surface area contributed by atoms with Gasteiger partial charge in [0.05, 0.1) is 7.11 Å². The fraction of sp³-hybridized carbons (Fsp3) is 0.0400. The molecule has 7 rings (SSSR count). The number of rotatable bonds is 2. The second-order valence-corrected chi connectivity index (χ2v) is 8.37. The summed E-state index contributed by atoms with van der Waals surface area (Å²) in [6.07, 6.45) is 0. The molecule has 4 aromatic carbocycles. The van der Waals surface area contributed by atoms with Crippen molar-refractivity contribution in [3.63, 3.8) is 0 Å². The second kappa shape index (κ2) is 6.79. The summed E-state index contributed by atoms with van der Waals surface area (Å²) in [5.41, 5.74) is 9.40. The molecule has 0 saturated carbocycles. The SMILES string of the molecule is COc1ccc(B2OB3c4ccccc4-c4cccc5c4N3B(O2)c2ccccc2-5)cc1. The molecule has 0 unspecified atom stereocenters. The first-order valence-corrected chi connectivity index (χ1v) is 10.9. The van der Waals surface area contributed by atoms with E-state index in [1.807, 2.05) is 24.3 Å². The molecule has 1 fully saturated rings. The van der Waals surface area contributed by atoms with E-state index in [1.54, 1.807) is 7.11 Å². The maximum absolute atomic E-state index is 6.67. The van der Waals surface area contributed by atoms with Gasteiger partial charge >= 0.3 is 21.2 Å². The molecule has 0 spiro atoms. The predicted molar refractivity (Wildman–Crippen MR) is 131 cm³/mol. The fourth-order valence-corrected chi connectivity index (χ4v) is 5.29. The zero-order chi connectivity index (χ0) is 21.2. The van der Waals surface area contributed by atoms with Crippen LogP contribution in [0.2, 0.25) is 0 Å². The largest absolute Gasteiger partial charge is 0.497 e. The van der Waals surface area contributed by atoms with E-state index in [1.165, 1.54) is 38.9 Å². The first-order valence-electron chi connectivity index (χ1n) is 10.9. The summed E-state index contributed by atoms with van der Waals surface area (Å²) in [5.74, 6) is 0.816. The zero-order valence-electron chi connectivity index (χ0n) is 17.6. The molecule has 0 bridgehead atoms. The Morgan fingerprint density at radius 1 is 0.625 bits per heavy atom. The van der Waals surface area contributed by atoms with Gasteiger partial charge in [-0.15, -0.1) is 0 Å². The lowest BCUT2D eigenvalue weighted by atomic mass is 9.47. The van der Waals surface area contributed by atoms with Gasteiger partial charge in [0.15, 0.2) is 0 Å². The number of ether oxygens (including phenoxy) is 1. The number of hydrogen-bond donors (Lipinski definition) is 0. The van der Waals surface area contributed by atoms with Crippen molar-refractivity contribution in [3.8, 4) is 28.0 Å². The highest BCUT2D eigenvalue weighted by molar-refractivity contribution is 7.00. The minimum atomic E-state index is -0.486. The Hall–Kier alpha value is -3.41. The molecule has 0 N–H and O–H groups in total. The first-order chi connectivity index (χ1) is 15.8. The van der Waals surface area contributed by atoms with Crippen molar-refractivity contribution >= 4 is 43.3 Å². The van der Waals surface area contributed by atoms with Crippen LogP contribution in [0.25, 0.3) is 22.3 Å². The number of methoxy groups -OCH3 is 1. The summed E-state index contributed by atoms with van der Waals surface area (Å²) >= 11 is 0. The lowest BCUT2D eigenvalue weighted by molar-refractivity contribution is 0.414. The smallest absolute Gasteiger partial charge is 0.466 e. The maximum Gasteiger partial charge on any atom is 0.466 e. The van der Waals surface area contributed by atoms with Crippen molar-refractivity contribution in [2.24, 2.45) is 0 Å². The van der Waals surface area contributed by atoms with Gasteiger partial charge in [-0.1, -0.05) is 78.9 Å². The molecule has 7 heteroatoms. The van der Waals surface area contributed by atoms with Gasteiger partial charge in [-0.2, -0.15) is 0 Å². The van der Waals surface area contributed by atoms with Crippen LogP contribution in [0, 0.1) is 0 Å². The van der Waals surface area contributed by atoms with Crippen LogP contribution in [-0.4, -0.2) is 28.3 Å². The van der Waals surface area contributed by atoms with Crippen LogP contribution in [0.15, 0.2) is 91.0 Å². The van der Waals surface area contributed by atoms with Crippen molar-refractivity contribution in [1.29, 1.82) is 0 Å². The van der Waals surface area contributed by atoms with Gasteiger partial charge in [-0.3, -0.25) is 0 Å². The molecule has 150 valence electrons. The summed E-state index contributed by atoms with van der Waals surface area (Å²) in [5, 5.41) is 0. The second-order valence-electron chi connectivity index (χ2n) is 8.37. The zero-order valence-corrected chi connectivity index (χ0v) is 17.6. The van der Waals surface area contributed by atoms with E-state index in [9.17, 15) is 0 Å². The Balaban J connectivity index is 1.46. The molecule has 3 aliphatic heterocycles. The van der Waals surface area contributed by atoms with E-state index in [2.05, 4.69) is 71.5 Å². The molecule has 0 aliphatic carbocycles. The predicted octanol–water partition coefficient (Wildman–Crippen LogP) is 2.70. The molecule has 0 aromatic heterocycles. The average molecular weight is 413 g/mol. The summed E-state index contributed by atoms with van der Waals surface area (Å²) in [6.45, 7) is 0. The van der Waals surface area contributed by atoms with Crippen molar-refractivity contribution in [3.05, 3.63) is 91.0 Å². The van der Waals surface area contributed by atoms with Gasteiger partial charge in [-0.25, -0.2) is 0 Å². The van der Waals surface area contributed by atoms with E-state index in [0.29, 0.717) is 0 Å². The van der Waals surface area contributed by atoms with Crippen LogP contribution in [0.5, 0.6) is 5.75 Å². The normalized spacial score (nSPS) is 15.2. The van der Waals surface area contributed by atoms with Crippen molar-refractivity contribution < 1.29 is 13.9 Å². The molecule has 1 saturated heterocycles. The van der Waals surface area contributed by atoms with Gasteiger partial charge in [-0.05, 0) is 39.6 Å². The van der Waals surface area contributed by atoms with Crippen LogP contribution < -0.4 is 25.8 Å². The number of benzene rings is 4. The number of para-hydroxylation sites is 1. The Morgan fingerprint density at radius 2 is 1.16 bits per heavy atom. The standard InChI is InChI=1S/C25H18B3NO3/c1-30-18-15-13-17(14-16-18)28-31-26-23-11-4-2-7-19(23)21-9-6-10-22-20-8-3-5-12-24(20)27(32-28)29(26)25(21)22/h2-16H,1H3. The van der Waals surface area contributed by atoms with Crippen molar-refractivity contribution in [2.45, 2.75) is 0 Å². The molecule has 32 heavy (non-hydrogen) atoms. The summed E-state index contributed by atoms with van der Waals surface area (Å²) in [6, 6.07) is 31.6. The van der Waals surface area contributed by atoms with Crippen LogP contribution in [0.1, 0.15) is 0 Å². The maximum atomic E-state index is 6.67. The fourth-order valence-electron chi connectivity index (χ4n) is 5.29. The van der Waals surface area contributed by atoms with Crippen LogP contribution in [0.3, 0.4) is 0 Å². The minimum Gasteiger partial charge on any atom is -0.497 e. The third-order valence-electron chi connectivity index (χ3n) is 6.73. The number of anilines is 1. The van der Waals surface area contributed by atoms with Gasteiger partial charge in [0, 0.05) is 16.8 Å². The van der Waals surface area contributed by atoms with E-state index in [4.69, 9.17) is 13.9 Å². The van der Waals surface area contributed by atoms with Crippen molar-refractivity contribution in [1.82, 2.24) is 0 Å². The molecule has 0 atom stereocenters. The van der Waals surface area contributed by atoms with E-state index in [0.717, 1.165) is 11.2 Å². The van der Waals surface area contributed by atoms with Gasteiger partial charge in [0.25, 0.3) is 0 Å². The van der Waals surface area contributed by atoms with Gasteiger partial charge < -0.3 is 18.6 Å². The lowest BCUT2D eigenvalue weighted by Gasteiger charge is -2.49. The number of hydrogen-bond acceptors (Lipinski definition) is 4. The highest BCUT2D eigenvalue weighted by Gasteiger charge is 2.54. The molecule has 4 aromatic rings. The van der Waals surface area contributed by atoms with Crippen molar-refractivity contribution in [2.75, 3.05) is 11.8 Å². The van der Waals surface area contributed by atoms with E-state index < -0.39 is 7.12 Å². The summed E-state index contributed by atoms with van der Waals surface area (Å²) in [4.78, 5) is 0. The van der Waals surface area contributed by atoms with E-state index in [-0.39, 0.29) is 14.1 Å². The Morgan fingerprint density at radius 3 is 1.72 bits per heavy atom. The monoisotopic (exact) mass is 413 g/mol. The minimum absolute atomic E-state index is 0.237. The number of fused-ring (bicyclic) bond motifs is 6. The molecular weight excluding hydrogens is 395 g/mol. The molecule has 3 aliphatic rings. The molecule has 3 heterocycles. The Labute approximate surface area is 188 Å². The molecule has 0 radical (unpaired) electrons. The van der Waals surface area contributed by atoms with Crippen LogP contribution in [0.4, 0.5) is 5.69 Å². The third-order valence-corrected chi connectivity index (χ3v) is 6.73. The highest BCUT2D eigenvalue weighted by atomic mass is 16.6. The highest BCUT2D eigenvalue weighted by Crippen LogP contribution is 2.46. The number of nitrogens with zero attached hydrogens (tertiary/aromatic N) is 1. The quantitative estimate of drug-likeness (QED) is 0.474. The van der Waals surface area contributed by atoms with E-state index >= 15 is 0 Å². The average Bonchev–Trinajstić information content (AvgIpc) is 2.88. The molecule has 0 amide bonds. The Kier molecular flexibility index (Phi) is 3.86. The Bertz CT molecular complexity index is 1290. The topological polar surface area (TPSA) is 30.9 Å². The molecule has 4 nitrogen and oxygen atoms in total. The first kappa shape index (κ1) is 18.2. The van der Waals surface area contributed by atoms with Crippen LogP contribution in [-0.2, 0) is 9.14 Å². The summed E-state index contributed by atoms with van der Waals surface area (Å²) in [7, 11) is 0.714. The van der Waals surface area contributed by atoms with Gasteiger partial charge in [0.1, 0.15) is 5.75 Å².